The number of aromatic amines is 1. The molecule has 0 saturated heterocycles. The first-order valence-electron chi connectivity index (χ1n) is 12.7. The summed E-state index contributed by atoms with van der Waals surface area (Å²) in [5, 5.41) is 9.24. The van der Waals surface area contributed by atoms with E-state index in [1.165, 1.54) is 12.1 Å². The first-order chi connectivity index (χ1) is 19.3. The molecule has 0 unspecified atom stereocenters. The number of imidazole rings is 1. The molecule has 3 aromatic carbocycles. The molecule has 0 aliphatic rings. The van der Waals surface area contributed by atoms with Crippen LogP contribution in [-0.4, -0.2) is 42.7 Å². The highest BCUT2D eigenvalue weighted by atomic mass is 35.5. The van der Waals surface area contributed by atoms with Crippen molar-refractivity contribution >= 4 is 76.7 Å². The third-order valence-electron chi connectivity index (χ3n) is 6.04. The smallest absolute Gasteiger partial charge is 0.272 e. The maximum Gasteiger partial charge on any atom is 0.272 e. The number of ether oxygens (including phenoxy) is 1. The molecule has 2 amide bonds. The Labute approximate surface area is 246 Å². The minimum Gasteiger partial charge on any atom is -0.487 e. The van der Waals surface area contributed by atoms with Crippen LogP contribution in [-0.2, 0) is 11.3 Å². The van der Waals surface area contributed by atoms with Crippen LogP contribution in [0.1, 0.15) is 36.7 Å². The van der Waals surface area contributed by atoms with Crippen LogP contribution in [0.5, 0.6) is 5.75 Å². The minimum atomic E-state index is -2.73. The van der Waals surface area contributed by atoms with Gasteiger partial charge in [-0.1, -0.05) is 67.6 Å². The van der Waals surface area contributed by atoms with Crippen molar-refractivity contribution in [3.8, 4) is 5.75 Å². The van der Waals surface area contributed by atoms with Crippen LogP contribution >= 0.6 is 23.2 Å². The number of hydrogen-bond acceptors (Lipinski definition) is 5. The maximum atomic E-state index is 13.1. The van der Waals surface area contributed by atoms with Crippen molar-refractivity contribution in [1.82, 2.24) is 15.3 Å². The summed E-state index contributed by atoms with van der Waals surface area (Å²) in [5.41, 5.74) is 2.78. The average molecular weight is 602 g/mol. The van der Waals surface area contributed by atoms with Crippen molar-refractivity contribution in [2.75, 3.05) is 17.2 Å². The third kappa shape index (κ3) is 7.48. The summed E-state index contributed by atoms with van der Waals surface area (Å²) in [7, 11) is 1.92. The lowest BCUT2D eigenvalue weighted by molar-refractivity contribution is -0.128. The van der Waals surface area contributed by atoms with E-state index in [2.05, 4.69) is 25.9 Å². The highest BCUT2D eigenvalue weighted by Gasteiger charge is 2.22. The number of H-pyrrole nitrogens is 1. The number of carbonyl (C=O) groups is 2. The number of anilines is 3. The fraction of sp³-hybridized carbons (Fsp3) is 0.250. The van der Waals surface area contributed by atoms with Crippen LogP contribution in [0.3, 0.4) is 0 Å². The molecule has 8 nitrogen and oxygen atoms in total. The number of alkyl halides is 2. The van der Waals surface area contributed by atoms with Gasteiger partial charge in [0.05, 0.1) is 32.3 Å². The Hall–Kier alpha value is -3.83. The lowest BCUT2D eigenvalue weighted by Crippen LogP contribution is -2.34. The van der Waals surface area contributed by atoms with Gasteiger partial charge < -0.3 is 25.7 Å². The fourth-order valence-corrected chi connectivity index (χ4v) is 4.32. The standard InChI is InChI=1S/C28H28BCl2F2N5O3/c1-28(2,3)26(40)34-12-14-4-9-18(30)24(23(14)31)38-27-36-19-10-17(21(11-20(19)37-27)41-13-22(32)33)25(39)35-16-7-5-15(29)6-8-16/h4-11,22H,12-13,29H2,1-3H3,(H,34,40)(H,35,39)(H2,36,37,38). The van der Waals surface area contributed by atoms with E-state index in [0.29, 0.717) is 33.0 Å². The molecule has 1 aromatic heterocycles. The third-order valence-corrected chi connectivity index (χ3v) is 6.78. The molecule has 0 fully saturated rings. The number of benzene rings is 3. The first-order valence-corrected chi connectivity index (χ1v) is 13.4. The summed E-state index contributed by atoms with van der Waals surface area (Å²) in [6.07, 6.45) is -2.73. The Bertz CT molecular complexity index is 1590. The molecule has 13 heteroatoms. The maximum absolute atomic E-state index is 13.1. The molecular weight excluding hydrogens is 574 g/mol. The highest BCUT2D eigenvalue weighted by molar-refractivity contribution is 6.39. The van der Waals surface area contributed by atoms with Gasteiger partial charge in [-0.2, -0.15) is 0 Å². The Morgan fingerprint density at radius 2 is 1.80 bits per heavy atom. The molecule has 0 spiro atoms. The molecule has 1 heterocycles. The number of nitrogens with one attached hydrogen (secondary N) is 4. The summed E-state index contributed by atoms with van der Waals surface area (Å²) >= 11 is 13.0. The van der Waals surface area contributed by atoms with E-state index in [1.54, 1.807) is 24.3 Å². The van der Waals surface area contributed by atoms with Crippen molar-refractivity contribution < 1.29 is 23.1 Å². The Morgan fingerprint density at radius 1 is 1.10 bits per heavy atom. The van der Waals surface area contributed by atoms with Crippen molar-refractivity contribution in [2.24, 2.45) is 5.41 Å². The molecule has 214 valence electrons. The van der Waals surface area contributed by atoms with Gasteiger partial charge in [-0.15, -0.1) is 0 Å². The van der Waals surface area contributed by atoms with Crippen LogP contribution in [0.2, 0.25) is 10.0 Å². The first kappa shape index (κ1) is 30.1. The number of rotatable bonds is 9. The average Bonchev–Trinajstić information content (AvgIpc) is 3.30. The van der Waals surface area contributed by atoms with Gasteiger partial charge in [0.2, 0.25) is 11.9 Å². The normalized spacial score (nSPS) is 11.5. The SMILES string of the molecule is Bc1ccc(NC(=O)c2cc3nc(Nc4c(Cl)ccc(CNC(=O)C(C)(C)C)c4Cl)[nH]c3cc2OCC(F)F)cc1. The van der Waals surface area contributed by atoms with E-state index in [-0.39, 0.29) is 34.7 Å². The van der Waals surface area contributed by atoms with Crippen LogP contribution in [0.25, 0.3) is 11.0 Å². The van der Waals surface area contributed by atoms with E-state index in [9.17, 15) is 18.4 Å². The molecular formula is C28H28BCl2F2N5O3. The van der Waals surface area contributed by atoms with E-state index >= 15 is 0 Å². The molecule has 0 saturated carbocycles. The molecule has 0 radical (unpaired) electrons. The lowest BCUT2D eigenvalue weighted by Gasteiger charge is -2.19. The lowest BCUT2D eigenvalue weighted by atomic mass is 9.95. The molecule has 0 atom stereocenters. The van der Waals surface area contributed by atoms with Gasteiger partial charge in [-0.3, -0.25) is 9.59 Å². The molecule has 4 rings (SSSR count). The second kappa shape index (κ2) is 12.4. The monoisotopic (exact) mass is 601 g/mol. The van der Waals surface area contributed by atoms with Crippen LogP contribution in [0.15, 0.2) is 48.5 Å². The second-order valence-electron chi connectivity index (χ2n) is 10.4. The molecule has 41 heavy (non-hydrogen) atoms. The molecule has 0 bridgehead atoms. The van der Waals surface area contributed by atoms with Gasteiger partial charge in [-0.05, 0) is 29.8 Å². The molecule has 4 N–H and O–H groups in total. The zero-order valence-electron chi connectivity index (χ0n) is 22.8. The number of nitrogens with zero attached hydrogens (tertiary/aromatic N) is 1. The van der Waals surface area contributed by atoms with Gasteiger partial charge in [0.15, 0.2) is 0 Å². The summed E-state index contributed by atoms with van der Waals surface area (Å²) in [4.78, 5) is 32.9. The number of carbonyl (C=O) groups excluding carboxylic acids is 2. The van der Waals surface area contributed by atoms with Gasteiger partial charge in [-0.25, -0.2) is 13.8 Å². The van der Waals surface area contributed by atoms with Gasteiger partial charge in [0.1, 0.15) is 20.2 Å². The van der Waals surface area contributed by atoms with Crippen molar-refractivity contribution in [2.45, 2.75) is 33.7 Å². The Kier molecular flexibility index (Phi) is 9.09. The Balaban J connectivity index is 1.63. The Morgan fingerprint density at radius 3 is 2.46 bits per heavy atom. The summed E-state index contributed by atoms with van der Waals surface area (Å²) < 4.78 is 31.2. The fourth-order valence-electron chi connectivity index (χ4n) is 3.79. The largest absolute Gasteiger partial charge is 0.487 e. The van der Waals surface area contributed by atoms with Crippen LogP contribution in [0, 0.1) is 5.41 Å². The van der Waals surface area contributed by atoms with Gasteiger partial charge >= 0.3 is 0 Å². The quantitative estimate of drug-likeness (QED) is 0.191. The van der Waals surface area contributed by atoms with E-state index in [1.807, 2.05) is 40.8 Å². The zero-order chi connectivity index (χ0) is 29.9. The number of hydrogen-bond donors (Lipinski definition) is 4. The van der Waals surface area contributed by atoms with E-state index in [0.717, 1.165) is 5.46 Å². The van der Waals surface area contributed by atoms with E-state index in [4.69, 9.17) is 27.9 Å². The topological polar surface area (TPSA) is 108 Å². The summed E-state index contributed by atoms with van der Waals surface area (Å²) in [6, 6.07) is 13.4. The zero-order valence-corrected chi connectivity index (χ0v) is 24.3. The minimum absolute atomic E-state index is 0.0319. The second-order valence-corrected chi connectivity index (χ2v) is 11.2. The van der Waals surface area contributed by atoms with Crippen molar-refractivity contribution in [3.63, 3.8) is 0 Å². The summed E-state index contributed by atoms with van der Waals surface area (Å²) in [6.45, 7) is 4.72. The predicted octanol–water partition coefficient (Wildman–Crippen LogP) is 5.43. The van der Waals surface area contributed by atoms with Crippen molar-refractivity contribution in [1.29, 1.82) is 0 Å². The van der Waals surface area contributed by atoms with Crippen LogP contribution in [0.4, 0.5) is 26.1 Å². The number of aromatic nitrogens is 2. The van der Waals surface area contributed by atoms with Crippen LogP contribution < -0.4 is 26.2 Å². The number of fused-ring (bicyclic) bond motifs is 1. The molecule has 0 aliphatic carbocycles. The summed E-state index contributed by atoms with van der Waals surface area (Å²) in [5.74, 6) is -0.489. The van der Waals surface area contributed by atoms with Gasteiger partial charge in [0.25, 0.3) is 12.3 Å². The van der Waals surface area contributed by atoms with Gasteiger partial charge in [0, 0.05) is 23.7 Å². The molecule has 0 aliphatic heterocycles. The molecule has 4 aromatic rings. The highest BCUT2D eigenvalue weighted by Crippen LogP contribution is 2.36. The van der Waals surface area contributed by atoms with E-state index < -0.39 is 24.4 Å². The number of amides is 2. The predicted molar refractivity (Wildman–Crippen MR) is 161 cm³/mol. The van der Waals surface area contributed by atoms with Crippen molar-refractivity contribution in [3.05, 3.63) is 69.7 Å². The number of halogens is 4.